The van der Waals surface area contributed by atoms with Crippen LogP contribution in [0.15, 0.2) is 12.2 Å². The third kappa shape index (κ3) is 3.84. The number of rotatable bonds is 6. The van der Waals surface area contributed by atoms with E-state index in [0.717, 1.165) is 50.7 Å². The highest BCUT2D eigenvalue weighted by molar-refractivity contribution is 5.82. The second kappa shape index (κ2) is 9.00. The van der Waals surface area contributed by atoms with E-state index in [4.69, 9.17) is 22.6 Å². The van der Waals surface area contributed by atoms with E-state index in [1.807, 2.05) is 0 Å². The van der Waals surface area contributed by atoms with Crippen LogP contribution in [0.25, 0.3) is 0 Å². The Morgan fingerprint density at radius 1 is 1.29 bits per heavy atom. The van der Waals surface area contributed by atoms with Crippen molar-refractivity contribution >= 4 is 5.71 Å². The first kappa shape index (κ1) is 24.3. The second-order valence-corrected chi connectivity index (χ2v) is 9.92. The summed E-state index contributed by atoms with van der Waals surface area (Å²) in [5.41, 5.74) is 9.64. The molecule has 5 nitrogen and oxygen atoms in total. The van der Waals surface area contributed by atoms with Gasteiger partial charge in [0.25, 0.3) is 0 Å². The molecule has 0 aromatic rings. The first-order chi connectivity index (χ1) is 12.7. The molecule has 0 radical (unpaired) electrons. The van der Waals surface area contributed by atoms with Gasteiger partial charge < -0.3 is 40.3 Å². The molecule has 3 aliphatic carbocycles. The summed E-state index contributed by atoms with van der Waals surface area (Å²) in [6, 6.07) is 0. The Balaban J connectivity index is 0.00000280. The van der Waals surface area contributed by atoms with E-state index >= 15 is 0 Å². The molecule has 3 saturated carbocycles. The summed E-state index contributed by atoms with van der Waals surface area (Å²) >= 11 is 0. The van der Waals surface area contributed by atoms with E-state index < -0.39 is 0 Å². The van der Waals surface area contributed by atoms with Gasteiger partial charge >= 0.3 is 0 Å². The molecule has 0 bridgehead atoms. The highest BCUT2D eigenvalue weighted by Crippen LogP contribution is 2.63. The van der Waals surface area contributed by atoms with E-state index in [1.165, 1.54) is 18.4 Å². The van der Waals surface area contributed by atoms with Gasteiger partial charge in [0.05, 0.1) is 0 Å². The summed E-state index contributed by atoms with van der Waals surface area (Å²) in [7, 11) is 0. The first-order valence-electron chi connectivity index (χ1n) is 10.8. The molecule has 28 heavy (non-hydrogen) atoms. The van der Waals surface area contributed by atoms with Gasteiger partial charge in [0.1, 0.15) is 6.61 Å². The van der Waals surface area contributed by atoms with E-state index in [-0.39, 0.29) is 40.3 Å². The zero-order chi connectivity index (χ0) is 19.9. The number of halogens is 1. The number of allylic oxidation sites excluding steroid dienone is 1. The Kier molecular flexibility index (Phi) is 7.80. The van der Waals surface area contributed by atoms with E-state index in [1.54, 1.807) is 0 Å². The van der Waals surface area contributed by atoms with Gasteiger partial charge in [-0.2, -0.15) is 0 Å². The monoisotopic (exact) mass is 504 g/mol. The van der Waals surface area contributed by atoms with Gasteiger partial charge in [-0.15, -0.1) is 0 Å². The van der Waals surface area contributed by atoms with Gasteiger partial charge in [-0.25, -0.2) is 10.5 Å². The molecule has 5 N–H and O–H groups in total. The molecule has 3 aliphatic rings. The molecular formula is C22H39IN3O2-. The lowest BCUT2D eigenvalue weighted by Crippen LogP contribution is -3.00. The van der Waals surface area contributed by atoms with Crippen LogP contribution in [0.4, 0.5) is 0 Å². The van der Waals surface area contributed by atoms with Gasteiger partial charge in [0, 0.05) is 11.3 Å². The fourth-order valence-corrected chi connectivity index (χ4v) is 6.92. The Bertz CT molecular complexity index is 596. The van der Waals surface area contributed by atoms with Crippen LogP contribution >= 0.6 is 0 Å². The molecular weight excluding hydrogens is 465 g/mol. The molecule has 0 spiro atoms. The largest absolute Gasteiger partial charge is 1.00 e. The molecule has 0 aromatic carbocycles. The number of hydrogen-bond donors (Lipinski definition) is 3. The number of hydrogen-bond acceptors (Lipinski definition) is 4. The Morgan fingerprint density at radius 2 is 2.00 bits per heavy atom. The number of nitrogens with one attached hydrogen (secondary N) is 1. The summed E-state index contributed by atoms with van der Waals surface area (Å²) in [6.07, 6.45) is 9.28. The third-order valence-electron chi connectivity index (χ3n) is 9.11. The standard InChI is InChI=1S/C22H39N3O2.HI/c1-5-20(3)19(9-10-21(20,4)24)18-7-6-16-14-17(23)8-11-22(16,15(18)2)12-13-27-25-26;/h16,18-19,23H,2,5-14,24-25H2,1,3-4H3;1H/p-1. The number of nitrogens with two attached hydrogens (primary N) is 2. The smallest absolute Gasteiger partial charge is 0.107 e. The van der Waals surface area contributed by atoms with Crippen molar-refractivity contribution in [1.82, 2.24) is 0 Å². The number of fused-ring (bicyclic) bond motifs is 1. The highest BCUT2D eigenvalue weighted by Gasteiger charge is 2.57. The van der Waals surface area contributed by atoms with Crippen molar-refractivity contribution in [2.45, 2.75) is 84.1 Å². The second-order valence-electron chi connectivity index (χ2n) is 9.92. The van der Waals surface area contributed by atoms with Gasteiger partial charge in [-0.1, -0.05) is 26.0 Å². The average Bonchev–Trinajstić information content (AvgIpc) is 2.87. The lowest BCUT2D eigenvalue weighted by atomic mass is 9.50. The van der Waals surface area contributed by atoms with Crippen molar-refractivity contribution in [2.24, 2.45) is 34.3 Å². The number of quaternary nitrogens is 1. The predicted octanol–water partition coefficient (Wildman–Crippen LogP) is 0.689. The SMILES string of the molecule is C=C1C(C2CCC(C)(N)C2(C)CC)CCC2CC(=N)CCC12CCO[NH2+][O-].[I-]. The lowest BCUT2D eigenvalue weighted by Gasteiger charge is -2.55. The van der Waals surface area contributed by atoms with Crippen molar-refractivity contribution in [1.29, 1.82) is 5.41 Å². The van der Waals surface area contributed by atoms with Crippen LogP contribution in [0, 0.1) is 39.2 Å². The van der Waals surface area contributed by atoms with Crippen molar-refractivity contribution in [3.8, 4) is 0 Å². The van der Waals surface area contributed by atoms with E-state index in [9.17, 15) is 5.21 Å². The lowest BCUT2D eigenvalue weighted by molar-refractivity contribution is -0.850. The van der Waals surface area contributed by atoms with Crippen LogP contribution in [-0.4, -0.2) is 17.9 Å². The minimum atomic E-state index is -0.119. The average molecular weight is 504 g/mol. The zero-order valence-corrected chi connectivity index (χ0v) is 20.0. The van der Waals surface area contributed by atoms with Crippen LogP contribution < -0.4 is 35.4 Å². The fourth-order valence-electron chi connectivity index (χ4n) is 6.92. The van der Waals surface area contributed by atoms with Gasteiger partial charge in [0.2, 0.25) is 0 Å². The molecule has 6 heteroatoms. The molecule has 0 aliphatic heterocycles. The molecule has 162 valence electrons. The van der Waals surface area contributed by atoms with Crippen LogP contribution in [0.5, 0.6) is 0 Å². The van der Waals surface area contributed by atoms with E-state index in [2.05, 4.69) is 20.8 Å². The van der Waals surface area contributed by atoms with Crippen molar-refractivity contribution < 1.29 is 34.5 Å². The summed E-state index contributed by atoms with van der Waals surface area (Å²) in [5.74, 6) is 1.56. The molecule has 0 heterocycles. The Morgan fingerprint density at radius 3 is 2.64 bits per heavy atom. The molecule has 6 unspecified atom stereocenters. The topological polar surface area (TPSA) is 98.8 Å². The van der Waals surface area contributed by atoms with Crippen LogP contribution in [0.2, 0.25) is 0 Å². The van der Waals surface area contributed by atoms with Crippen LogP contribution in [0.3, 0.4) is 0 Å². The quantitative estimate of drug-likeness (QED) is 0.215. The minimum Gasteiger partial charge on any atom is -1.00 e. The first-order valence-corrected chi connectivity index (χ1v) is 10.8. The van der Waals surface area contributed by atoms with Gasteiger partial charge in [-0.05, 0) is 93.3 Å². The normalized spacial score (nSPS) is 43.5. The molecule has 6 atom stereocenters. The molecule has 3 rings (SSSR count). The molecule has 0 aromatic heterocycles. The maximum atomic E-state index is 10.7. The van der Waals surface area contributed by atoms with Crippen molar-refractivity contribution in [3.05, 3.63) is 17.4 Å². The predicted molar refractivity (Wildman–Crippen MR) is 109 cm³/mol. The van der Waals surface area contributed by atoms with Gasteiger partial charge in [-0.3, -0.25) is 0 Å². The van der Waals surface area contributed by atoms with Crippen molar-refractivity contribution in [3.63, 3.8) is 0 Å². The van der Waals surface area contributed by atoms with Crippen molar-refractivity contribution in [2.75, 3.05) is 6.61 Å². The zero-order valence-electron chi connectivity index (χ0n) is 17.9. The fraction of sp³-hybridized carbons (Fsp3) is 0.864. The van der Waals surface area contributed by atoms with E-state index in [0.29, 0.717) is 30.0 Å². The van der Waals surface area contributed by atoms with Crippen LogP contribution in [0.1, 0.15) is 78.6 Å². The summed E-state index contributed by atoms with van der Waals surface area (Å²) in [5, 5.41) is 18.9. The molecule has 3 fully saturated rings. The highest BCUT2D eigenvalue weighted by atomic mass is 127. The maximum Gasteiger partial charge on any atom is 0.107 e. The third-order valence-corrected chi connectivity index (χ3v) is 9.11. The molecule has 0 saturated heterocycles. The van der Waals surface area contributed by atoms with Gasteiger partial charge in [0.15, 0.2) is 0 Å². The van der Waals surface area contributed by atoms with Crippen LogP contribution in [-0.2, 0) is 4.84 Å². The molecule has 0 amide bonds. The minimum absolute atomic E-state index is 0. The Labute approximate surface area is 187 Å². The summed E-state index contributed by atoms with van der Waals surface area (Å²) in [4.78, 5) is 5.12. The maximum absolute atomic E-state index is 10.7. The summed E-state index contributed by atoms with van der Waals surface area (Å²) < 4.78 is 0. The summed E-state index contributed by atoms with van der Waals surface area (Å²) in [6.45, 7) is 12.1. The Hall–Kier alpha value is -0.0200.